The molecule has 8 heteroatoms. The molecule has 0 unspecified atom stereocenters. The number of phenols is 1. The highest BCUT2D eigenvalue weighted by molar-refractivity contribution is 8.18. The Kier molecular flexibility index (Phi) is 4.53. The van der Waals surface area contributed by atoms with Crippen molar-refractivity contribution in [1.29, 1.82) is 0 Å². The highest BCUT2D eigenvalue weighted by Gasteiger charge is 2.24. The Labute approximate surface area is 147 Å². The van der Waals surface area contributed by atoms with Crippen LogP contribution < -0.4 is 5.32 Å². The number of hydrogen-bond acceptors (Lipinski definition) is 6. The van der Waals surface area contributed by atoms with Gasteiger partial charge in [-0.25, -0.2) is 4.99 Å². The van der Waals surface area contributed by atoms with Crippen molar-refractivity contribution in [1.82, 2.24) is 5.32 Å². The molecule has 1 heterocycles. The second-order valence-corrected chi connectivity index (χ2v) is 6.30. The Balaban J connectivity index is 1.88. The first-order valence-electron chi connectivity index (χ1n) is 7.26. The van der Waals surface area contributed by atoms with Crippen LogP contribution in [0.15, 0.2) is 52.4 Å². The van der Waals surface area contributed by atoms with Crippen molar-refractivity contribution in [3.05, 3.63) is 68.6 Å². The van der Waals surface area contributed by atoms with Crippen LogP contribution in [0.3, 0.4) is 0 Å². The molecule has 0 aromatic heterocycles. The van der Waals surface area contributed by atoms with Crippen molar-refractivity contribution in [2.45, 2.75) is 6.92 Å². The maximum absolute atomic E-state index is 12.1. The molecule has 0 aliphatic carbocycles. The van der Waals surface area contributed by atoms with Crippen molar-refractivity contribution in [2.75, 3.05) is 0 Å². The third kappa shape index (κ3) is 3.69. The molecule has 0 spiro atoms. The molecule has 0 radical (unpaired) electrons. The Morgan fingerprint density at radius 2 is 2.04 bits per heavy atom. The number of amidine groups is 1. The van der Waals surface area contributed by atoms with Crippen molar-refractivity contribution in [2.24, 2.45) is 4.99 Å². The number of nitrogens with one attached hydrogen (secondary N) is 1. The van der Waals surface area contributed by atoms with Gasteiger partial charge in [0.25, 0.3) is 5.91 Å². The second kappa shape index (κ2) is 6.78. The van der Waals surface area contributed by atoms with Crippen LogP contribution >= 0.6 is 11.8 Å². The zero-order chi connectivity index (χ0) is 18.0. The summed E-state index contributed by atoms with van der Waals surface area (Å²) in [6, 6.07) is 11.5. The van der Waals surface area contributed by atoms with Crippen LogP contribution in [0.4, 0.5) is 11.4 Å². The van der Waals surface area contributed by atoms with E-state index in [2.05, 4.69) is 10.3 Å². The number of phenolic OH excluding ortho intramolecular Hbond substituents is 1. The van der Waals surface area contributed by atoms with Gasteiger partial charge in [-0.2, -0.15) is 0 Å². The molecule has 1 saturated heterocycles. The minimum Gasteiger partial charge on any atom is -0.502 e. The molecule has 25 heavy (non-hydrogen) atoms. The minimum atomic E-state index is -0.676. The van der Waals surface area contributed by atoms with E-state index in [4.69, 9.17) is 0 Å². The average molecular weight is 355 g/mol. The summed E-state index contributed by atoms with van der Waals surface area (Å²) >= 11 is 1.15. The van der Waals surface area contributed by atoms with Gasteiger partial charge in [0.15, 0.2) is 10.9 Å². The number of carbonyl (C=O) groups excluding carboxylic acids is 1. The third-order valence-electron chi connectivity index (χ3n) is 3.48. The molecule has 2 aromatic rings. The van der Waals surface area contributed by atoms with Gasteiger partial charge < -0.3 is 10.4 Å². The van der Waals surface area contributed by atoms with Gasteiger partial charge in [-0.3, -0.25) is 14.9 Å². The summed E-state index contributed by atoms with van der Waals surface area (Å²) in [4.78, 5) is 27.1. The summed E-state index contributed by atoms with van der Waals surface area (Å²) in [7, 11) is 0. The van der Waals surface area contributed by atoms with Crippen LogP contribution in [0.1, 0.15) is 11.1 Å². The molecular formula is C17H13N3O4S. The number of aliphatic imine (C=N–C) groups is 1. The number of para-hydroxylation sites is 1. The zero-order valence-electron chi connectivity index (χ0n) is 13.1. The topological polar surface area (TPSA) is 105 Å². The van der Waals surface area contributed by atoms with Crippen LogP contribution in [0, 0.1) is 17.0 Å². The molecule has 2 N–H and O–H groups in total. The van der Waals surface area contributed by atoms with E-state index in [0.717, 1.165) is 23.0 Å². The summed E-state index contributed by atoms with van der Waals surface area (Å²) in [5.41, 5.74) is 1.77. The number of nitro groups is 1. The van der Waals surface area contributed by atoms with Gasteiger partial charge in [-0.05, 0) is 48.0 Å². The van der Waals surface area contributed by atoms with Gasteiger partial charge in [0, 0.05) is 6.07 Å². The van der Waals surface area contributed by atoms with Gasteiger partial charge in [-0.15, -0.1) is 0 Å². The fourth-order valence-electron chi connectivity index (χ4n) is 2.21. The monoisotopic (exact) mass is 355 g/mol. The SMILES string of the molecule is Cc1ccccc1N=C1NC(=O)/C(=C\c2ccc(O)c([N+](=O)[O-])c2)S1. The van der Waals surface area contributed by atoms with E-state index in [9.17, 15) is 20.0 Å². The molecule has 0 bridgehead atoms. The fourth-order valence-corrected chi connectivity index (χ4v) is 3.04. The van der Waals surface area contributed by atoms with Crippen LogP contribution in [0.25, 0.3) is 6.08 Å². The molecule has 7 nitrogen and oxygen atoms in total. The van der Waals surface area contributed by atoms with E-state index in [0.29, 0.717) is 15.6 Å². The van der Waals surface area contributed by atoms with E-state index in [-0.39, 0.29) is 5.91 Å². The lowest BCUT2D eigenvalue weighted by molar-refractivity contribution is -0.385. The molecule has 3 rings (SSSR count). The number of nitrogens with zero attached hydrogens (tertiary/aromatic N) is 2. The predicted octanol–water partition coefficient (Wildman–Crippen LogP) is 3.50. The molecule has 2 aromatic carbocycles. The first kappa shape index (κ1) is 16.7. The Bertz CT molecular complexity index is 937. The number of aromatic hydroxyl groups is 1. The Morgan fingerprint density at radius 3 is 2.76 bits per heavy atom. The number of thioether (sulfide) groups is 1. The van der Waals surface area contributed by atoms with Crippen LogP contribution in [-0.2, 0) is 4.79 Å². The number of aryl methyl sites for hydroxylation is 1. The summed E-state index contributed by atoms with van der Waals surface area (Å²) in [6.07, 6.45) is 1.52. The molecular weight excluding hydrogens is 342 g/mol. The first-order valence-corrected chi connectivity index (χ1v) is 8.08. The second-order valence-electron chi connectivity index (χ2n) is 5.27. The van der Waals surface area contributed by atoms with Crippen molar-refractivity contribution >= 4 is 40.3 Å². The Morgan fingerprint density at radius 1 is 1.28 bits per heavy atom. The van der Waals surface area contributed by atoms with E-state index >= 15 is 0 Å². The predicted molar refractivity (Wildman–Crippen MR) is 96.7 cm³/mol. The summed E-state index contributed by atoms with van der Waals surface area (Å²) in [5.74, 6) is -0.745. The third-order valence-corrected chi connectivity index (χ3v) is 4.39. The lowest BCUT2D eigenvalue weighted by Gasteiger charge is -2.00. The van der Waals surface area contributed by atoms with Crippen molar-refractivity contribution in [3.8, 4) is 5.75 Å². The van der Waals surface area contributed by atoms with E-state index in [1.165, 1.54) is 24.3 Å². The van der Waals surface area contributed by atoms with Crippen molar-refractivity contribution < 1.29 is 14.8 Å². The minimum absolute atomic E-state index is 0.326. The number of nitro benzene ring substituents is 1. The van der Waals surface area contributed by atoms with Gasteiger partial charge in [0.2, 0.25) is 0 Å². The normalized spacial score (nSPS) is 17.1. The van der Waals surface area contributed by atoms with Gasteiger partial charge in [-0.1, -0.05) is 24.3 Å². The van der Waals surface area contributed by atoms with Crippen molar-refractivity contribution in [3.63, 3.8) is 0 Å². The molecule has 0 atom stereocenters. The summed E-state index contributed by atoms with van der Waals surface area (Å²) in [6.45, 7) is 1.92. The number of carbonyl (C=O) groups is 1. The summed E-state index contributed by atoms with van der Waals surface area (Å²) < 4.78 is 0. The molecule has 1 aliphatic rings. The van der Waals surface area contributed by atoms with Crippen LogP contribution in [0.2, 0.25) is 0 Å². The molecule has 1 aliphatic heterocycles. The number of benzene rings is 2. The maximum Gasteiger partial charge on any atom is 0.311 e. The number of rotatable bonds is 3. The largest absolute Gasteiger partial charge is 0.502 e. The molecule has 1 amide bonds. The van der Waals surface area contributed by atoms with Gasteiger partial charge in [0.1, 0.15) is 0 Å². The lowest BCUT2D eigenvalue weighted by atomic mass is 10.1. The highest BCUT2D eigenvalue weighted by Crippen LogP contribution is 2.31. The van der Waals surface area contributed by atoms with E-state index in [1.54, 1.807) is 0 Å². The van der Waals surface area contributed by atoms with Gasteiger partial charge in [0.05, 0.1) is 15.5 Å². The average Bonchev–Trinajstić information content (AvgIpc) is 2.90. The van der Waals surface area contributed by atoms with E-state index < -0.39 is 16.4 Å². The summed E-state index contributed by atoms with van der Waals surface area (Å²) in [5, 5.41) is 23.5. The fraction of sp³-hybridized carbons (Fsp3) is 0.0588. The molecule has 1 fully saturated rings. The van der Waals surface area contributed by atoms with Gasteiger partial charge >= 0.3 is 5.69 Å². The first-order chi connectivity index (χ1) is 11.9. The lowest BCUT2D eigenvalue weighted by Crippen LogP contribution is -2.19. The maximum atomic E-state index is 12.1. The quantitative estimate of drug-likeness (QED) is 0.498. The number of hydrogen-bond donors (Lipinski definition) is 2. The number of amides is 1. The smallest absolute Gasteiger partial charge is 0.311 e. The van der Waals surface area contributed by atoms with Crippen LogP contribution in [-0.4, -0.2) is 21.1 Å². The van der Waals surface area contributed by atoms with E-state index in [1.807, 2.05) is 31.2 Å². The standard InChI is InChI=1S/C17H13N3O4S/c1-10-4-2-3-5-12(10)18-17-19-16(22)15(25-17)9-11-6-7-14(21)13(8-11)20(23)24/h2-9,21H,1H3,(H,18,19,22)/b15-9+. The zero-order valence-corrected chi connectivity index (χ0v) is 13.9. The molecule has 0 saturated carbocycles. The van der Waals surface area contributed by atoms with Crippen LogP contribution in [0.5, 0.6) is 5.75 Å². The Hall–Kier alpha value is -3.13. The molecule has 126 valence electrons. The highest BCUT2D eigenvalue weighted by atomic mass is 32.2.